The lowest BCUT2D eigenvalue weighted by atomic mass is 10.1. The highest BCUT2D eigenvalue weighted by Gasteiger charge is 2.01. The van der Waals surface area contributed by atoms with Crippen LogP contribution in [0, 0.1) is 0 Å². The standard InChI is InChI=1S/C12H23N3OS/c1-3-4-5-6-7-8-9-16-10-11-14-15-12(13-2)17-11/h3-10H2,1-2H3,(H,13,15). The minimum absolute atomic E-state index is 0.592. The van der Waals surface area contributed by atoms with Gasteiger partial charge < -0.3 is 10.1 Å². The van der Waals surface area contributed by atoms with Gasteiger partial charge in [0.05, 0.1) is 0 Å². The maximum absolute atomic E-state index is 5.56. The molecule has 1 aromatic rings. The molecule has 17 heavy (non-hydrogen) atoms. The Kier molecular flexibility index (Phi) is 7.92. The molecule has 0 spiro atoms. The van der Waals surface area contributed by atoms with E-state index in [4.69, 9.17) is 4.74 Å². The summed E-state index contributed by atoms with van der Waals surface area (Å²) >= 11 is 1.55. The molecule has 0 unspecified atom stereocenters. The van der Waals surface area contributed by atoms with Crippen LogP contribution in [0.4, 0.5) is 5.13 Å². The zero-order valence-electron chi connectivity index (χ0n) is 10.9. The van der Waals surface area contributed by atoms with Crippen LogP contribution in [0.1, 0.15) is 50.5 Å². The Balaban J connectivity index is 1.93. The Labute approximate surface area is 108 Å². The summed E-state index contributed by atoms with van der Waals surface area (Å²) in [5.74, 6) is 0. The topological polar surface area (TPSA) is 47.0 Å². The summed E-state index contributed by atoms with van der Waals surface area (Å²) in [5.41, 5.74) is 0. The Bertz CT molecular complexity index is 291. The number of anilines is 1. The second-order valence-electron chi connectivity index (χ2n) is 4.07. The summed E-state index contributed by atoms with van der Waals surface area (Å²) in [6.07, 6.45) is 7.79. The maximum Gasteiger partial charge on any atom is 0.205 e. The SMILES string of the molecule is CCCCCCCCOCc1nnc(NC)s1. The van der Waals surface area contributed by atoms with Gasteiger partial charge in [0.25, 0.3) is 0 Å². The average molecular weight is 257 g/mol. The van der Waals surface area contributed by atoms with Gasteiger partial charge in [-0.1, -0.05) is 50.4 Å². The van der Waals surface area contributed by atoms with E-state index in [1.54, 1.807) is 11.3 Å². The number of unbranched alkanes of at least 4 members (excludes halogenated alkanes) is 5. The minimum Gasteiger partial charge on any atom is -0.374 e. The number of nitrogens with one attached hydrogen (secondary N) is 1. The third-order valence-corrected chi connectivity index (χ3v) is 3.46. The van der Waals surface area contributed by atoms with Crippen LogP contribution >= 0.6 is 11.3 Å². The second-order valence-corrected chi connectivity index (χ2v) is 5.13. The highest BCUT2D eigenvalue weighted by atomic mass is 32.1. The van der Waals surface area contributed by atoms with Crippen molar-refractivity contribution in [3.8, 4) is 0 Å². The van der Waals surface area contributed by atoms with Crippen molar-refractivity contribution in [2.24, 2.45) is 0 Å². The van der Waals surface area contributed by atoms with Gasteiger partial charge in [-0.15, -0.1) is 10.2 Å². The van der Waals surface area contributed by atoms with Crippen molar-refractivity contribution in [1.29, 1.82) is 0 Å². The first-order valence-corrected chi connectivity index (χ1v) is 7.26. The van der Waals surface area contributed by atoms with Gasteiger partial charge in [0.1, 0.15) is 11.6 Å². The number of rotatable bonds is 10. The predicted molar refractivity (Wildman–Crippen MR) is 72.5 cm³/mol. The molecule has 1 N–H and O–H groups in total. The zero-order valence-corrected chi connectivity index (χ0v) is 11.7. The van der Waals surface area contributed by atoms with Gasteiger partial charge in [-0.05, 0) is 6.42 Å². The summed E-state index contributed by atoms with van der Waals surface area (Å²) in [6.45, 7) is 3.67. The first kappa shape index (κ1) is 14.4. The number of aromatic nitrogens is 2. The molecule has 1 heterocycles. The molecule has 0 fully saturated rings. The van der Waals surface area contributed by atoms with E-state index in [1.165, 1.54) is 32.1 Å². The number of ether oxygens (including phenoxy) is 1. The Morgan fingerprint density at radius 2 is 1.88 bits per heavy atom. The summed E-state index contributed by atoms with van der Waals surface area (Å²) in [5, 5.41) is 12.7. The van der Waals surface area contributed by atoms with Gasteiger partial charge >= 0.3 is 0 Å². The van der Waals surface area contributed by atoms with Crippen LogP contribution in [0.3, 0.4) is 0 Å². The first-order valence-electron chi connectivity index (χ1n) is 6.44. The van der Waals surface area contributed by atoms with Crippen LogP contribution < -0.4 is 5.32 Å². The molecule has 0 aliphatic carbocycles. The van der Waals surface area contributed by atoms with Crippen LogP contribution in [0.25, 0.3) is 0 Å². The van der Waals surface area contributed by atoms with Gasteiger partial charge in [0.2, 0.25) is 5.13 Å². The van der Waals surface area contributed by atoms with Crippen LogP contribution in [-0.4, -0.2) is 23.9 Å². The molecule has 1 aromatic heterocycles. The van der Waals surface area contributed by atoms with Crippen molar-refractivity contribution in [2.75, 3.05) is 19.0 Å². The van der Waals surface area contributed by atoms with Crippen molar-refractivity contribution in [2.45, 2.75) is 52.1 Å². The Hall–Kier alpha value is -0.680. The van der Waals surface area contributed by atoms with Crippen LogP contribution in [-0.2, 0) is 11.3 Å². The Morgan fingerprint density at radius 3 is 2.59 bits per heavy atom. The Morgan fingerprint density at radius 1 is 1.12 bits per heavy atom. The zero-order chi connectivity index (χ0) is 12.3. The van der Waals surface area contributed by atoms with Crippen LogP contribution in [0.15, 0.2) is 0 Å². The van der Waals surface area contributed by atoms with Crippen LogP contribution in [0.2, 0.25) is 0 Å². The van der Waals surface area contributed by atoms with Crippen molar-refractivity contribution in [3.63, 3.8) is 0 Å². The molecule has 0 aromatic carbocycles. The predicted octanol–water partition coefficient (Wildman–Crippen LogP) is 3.46. The summed E-state index contributed by atoms with van der Waals surface area (Å²) in [4.78, 5) is 0. The lowest BCUT2D eigenvalue weighted by Crippen LogP contribution is -1.95. The molecular formula is C12H23N3OS. The normalized spacial score (nSPS) is 10.7. The summed E-state index contributed by atoms with van der Waals surface area (Å²) < 4.78 is 5.56. The fraction of sp³-hybridized carbons (Fsp3) is 0.833. The van der Waals surface area contributed by atoms with E-state index in [-0.39, 0.29) is 0 Å². The van der Waals surface area contributed by atoms with E-state index in [2.05, 4.69) is 22.4 Å². The van der Waals surface area contributed by atoms with E-state index in [0.717, 1.165) is 23.2 Å². The van der Waals surface area contributed by atoms with E-state index >= 15 is 0 Å². The molecule has 0 radical (unpaired) electrons. The van der Waals surface area contributed by atoms with Gasteiger partial charge in [0, 0.05) is 13.7 Å². The molecule has 5 heteroatoms. The van der Waals surface area contributed by atoms with E-state index in [9.17, 15) is 0 Å². The number of hydrogen-bond donors (Lipinski definition) is 1. The van der Waals surface area contributed by atoms with Gasteiger partial charge in [0.15, 0.2) is 0 Å². The maximum atomic E-state index is 5.56. The smallest absolute Gasteiger partial charge is 0.205 e. The summed E-state index contributed by atoms with van der Waals surface area (Å²) in [7, 11) is 1.85. The molecule has 0 bridgehead atoms. The highest BCUT2D eigenvalue weighted by molar-refractivity contribution is 7.15. The molecule has 0 atom stereocenters. The fourth-order valence-corrected chi connectivity index (χ4v) is 2.19. The van der Waals surface area contributed by atoms with Crippen molar-refractivity contribution in [1.82, 2.24) is 10.2 Å². The van der Waals surface area contributed by atoms with Crippen molar-refractivity contribution < 1.29 is 4.74 Å². The van der Waals surface area contributed by atoms with Gasteiger partial charge in [-0.2, -0.15) is 0 Å². The summed E-state index contributed by atoms with van der Waals surface area (Å²) in [6, 6.07) is 0. The molecule has 98 valence electrons. The quantitative estimate of drug-likeness (QED) is 0.652. The van der Waals surface area contributed by atoms with E-state index in [1.807, 2.05) is 7.05 Å². The van der Waals surface area contributed by atoms with E-state index in [0.29, 0.717) is 6.61 Å². The lowest BCUT2D eigenvalue weighted by molar-refractivity contribution is 0.116. The number of nitrogens with zero attached hydrogens (tertiary/aromatic N) is 2. The second kappa shape index (κ2) is 9.36. The minimum atomic E-state index is 0.592. The van der Waals surface area contributed by atoms with Crippen molar-refractivity contribution >= 4 is 16.5 Å². The molecule has 0 saturated carbocycles. The highest BCUT2D eigenvalue weighted by Crippen LogP contribution is 2.15. The fourth-order valence-electron chi connectivity index (χ4n) is 1.56. The molecule has 0 aliphatic rings. The third-order valence-electron chi connectivity index (χ3n) is 2.55. The largest absolute Gasteiger partial charge is 0.374 e. The molecular weight excluding hydrogens is 234 g/mol. The third kappa shape index (κ3) is 6.58. The molecule has 1 rings (SSSR count). The van der Waals surface area contributed by atoms with E-state index < -0.39 is 0 Å². The average Bonchev–Trinajstić information content (AvgIpc) is 2.80. The van der Waals surface area contributed by atoms with Gasteiger partial charge in [-0.3, -0.25) is 0 Å². The van der Waals surface area contributed by atoms with Gasteiger partial charge in [-0.25, -0.2) is 0 Å². The molecule has 0 aliphatic heterocycles. The molecule has 0 saturated heterocycles. The van der Waals surface area contributed by atoms with Crippen molar-refractivity contribution in [3.05, 3.63) is 5.01 Å². The molecule has 4 nitrogen and oxygen atoms in total. The molecule has 0 amide bonds. The first-order chi connectivity index (χ1) is 8.36. The monoisotopic (exact) mass is 257 g/mol. The number of hydrogen-bond acceptors (Lipinski definition) is 5. The van der Waals surface area contributed by atoms with Crippen LogP contribution in [0.5, 0.6) is 0 Å². The lowest BCUT2D eigenvalue weighted by Gasteiger charge is -2.01.